The summed E-state index contributed by atoms with van der Waals surface area (Å²) in [6, 6.07) is -0.792. The van der Waals surface area contributed by atoms with Crippen molar-refractivity contribution in [2.45, 2.75) is 29.8 Å². The fraction of sp³-hybridized carbons (Fsp3) is 0.750. The molecule has 2 rings (SSSR count). The Bertz CT molecular complexity index is 355. The van der Waals surface area contributed by atoms with E-state index < -0.39 is 42.6 Å². The maximum atomic E-state index is 12.5. The molecule has 0 radical (unpaired) electrons. The van der Waals surface area contributed by atoms with Gasteiger partial charge in [0.05, 0.1) is 0 Å². The van der Waals surface area contributed by atoms with Crippen LogP contribution in [0.15, 0.2) is 4.99 Å². The van der Waals surface area contributed by atoms with E-state index in [1.165, 1.54) is 0 Å². The molecule has 17 heavy (non-hydrogen) atoms. The fourth-order valence-corrected chi connectivity index (χ4v) is 2.82. The van der Waals surface area contributed by atoms with Gasteiger partial charge in [0.25, 0.3) is 0 Å². The number of hydrogen-bond donors (Lipinski definition) is 4. The molecule has 0 bridgehead atoms. The molecule has 0 aromatic carbocycles. The maximum absolute atomic E-state index is 12.5. The van der Waals surface area contributed by atoms with Crippen LogP contribution in [0.2, 0.25) is 0 Å². The smallest absolute Gasteiger partial charge is 0.410 e. The third kappa shape index (κ3) is 2.37. The molecule has 7 nitrogen and oxygen atoms in total. The molecule has 1 saturated heterocycles. The Kier molecular flexibility index (Phi) is 3.52. The standard InChI is InChI=1S/C8H11FN2O5S/c9-1-2-4(12)5(13)3-6(16-2)17-7(10-3)11-8(14)15/h2-6,12-13H,1H2,(H,10,11)(H,14,15)/t2-,3-,4-,5-,6-/m1/s1. The Hall–Kier alpha value is -0.900. The molecule has 0 aromatic rings. The number of rotatable bonds is 1. The first-order valence-corrected chi connectivity index (χ1v) is 5.73. The quantitative estimate of drug-likeness (QED) is 0.491. The minimum Gasteiger partial charge on any atom is -0.465 e. The van der Waals surface area contributed by atoms with Gasteiger partial charge in [-0.25, -0.2) is 9.18 Å². The number of halogens is 1. The number of nitrogens with one attached hydrogen (secondary N) is 1. The maximum Gasteiger partial charge on any atom is 0.410 e. The van der Waals surface area contributed by atoms with Gasteiger partial charge in [-0.15, -0.1) is 0 Å². The van der Waals surface area contributed by atoms with Crippen molar-refractivity contribution < 1.29 is 29.2 Å². The Morgan fingerprint density at radius 1 is 1.53 bits per heavy atom. The number of carbonyl (C=O) groups is 1. The van der Waals surface area contributed by atoms with Gasteiger partial charge < -0.3 is 20.1 Å². The third-order valence-electron chi connectivity index (χ3n) is 2.53. The number of hydrogen-bond acceptors (Lipinski definition) is 6. The van der Waals surface area contributed by atoms with Gasteiger partial charge in [0, 0.05) is 0 Å². The minimum atomic E-state index is -1.37. The molecule has 2 heterocycles. The van der Waals surface area contributed by atoms with Crippen LogP contribution < -0.4 is 5.32 Å². The Balaban J connectivity index is 2.09. The molecule has 4 N–H and O–H groups in total. The van der Waals surface area contributed by atoms with Gasteiger partial charge >= 0.3 is 6.09 Å². The molecular weight excluding hydrogens is 255 g/mol. The lowest BCUT2D eigenvalue weighted by Crippen LogP contribution is -2.55. The van der Waals surface area contributed by atoms with Crippen molar-refractivity contribution in [3.05, 3.63) is 0 Å². The number of ether oxygens (including phenoxy) is 1. The highest BCUT2D eigenvalue weighted by Crippen LogP contribution is 2.35. The van der Waals surface area contributed by atoms with E-state index in [2.05, 4.69) is 4.99 Å². The number of aliphatic hydroxyl groups excluding tert-OH is 2. The summed E-state index contributed by atoms with van der Waals surface area (Å²) in [6.07, 6.45) is -5.03. The van der Waals surface area contributed by atoms with Crippen LogP contribution in [0, 0.1) is 0 Å². The Morgan fingerprint density at radius 3 is 2.82 bits per heavy atom. The monoisotopic (exact) mass is 266 g/mol. The van der Waals surface area contributed by atoms with Crippen LogP contribution in [-0.2, 0) is 4.74 Å². The van der Waals surface area contributed by atoms with Crippen LogP contribution in [0.25, 0.3) is 0 Å². The average molecular weight is 266 g/mol. The first-order chi connectivity index (χ1) is 8.02. The summed E-state index contributed by atoms with van der Waals surface area (Å²) in [4.78, 5) is 14.3. The summed E-state index contributed by atoms with van der Waals surface area (Å²) in [6.45, 7) is -0.927. The topological polar surface area (TPSA) is 111 Å². The fourth-order valence-electron chi connectivity index (χ4n) is 1.71. The highest BCUT2D eigenvalue weighted by molar-refractivity contribution is 8.14. The van der Waals surface area contributed by atoms with Crippen molar-refractivity contribution >= 4 is 23.0 Å². The van der Waals surface area contributed by atoms with Gasteiger partial charge in [0.15, 0.2) is 5.17 Å². The van der Waals surface area contributed by atoms with Crippen molar-refractivity contribution in [3.8, 4) is 0 Å². The van der Waals surface area contributed by atoms with Crippen molar-refractivity contribution in [2.24, 2.45) is 4.99 Å². The van der Waals surface area contributed by atoms with E-state index in [-0.39, 0.29) is 5.17 Å². The van der Waals surface area contributed by atoms with Gasteiger partial charge in [-0.1, -0.05) is 11.8 Å². The lowest BCUT2D eigenvalue weighted by Gasteiger charge is -2.36. The Labute approximate surface area is 99.7 Å². The molecule has 0 aliphatic carbocycles. The van der Waals surface area contributed by atoms with E-state index in [9.17, 15) is 19.4 Å². The zero-order valence-electron chi connectivity index (χ0n) is 8.49. The number of carboxylic acid groups (broad SMARTS) is 1. The summed E-state index contributed by atoms with van der Waals surface area (Å²) in [5.41, 5.74) is -0.684. The lowest BCUT2D eigenvalue weighted by molar-refractivity contribution is -0.157. The van der Waals surface area contributed by atoms with Crippen LogP contribution in [0.4, 0.5) is 9.18 Å². The number of amides is 1. The molecule has 96 valence electrons. The number of thioether (sulfide) groups is 1. The van der Waals surface area contributed by atoms with E-state index in [4.69, 9.17) is 9.84 Å². The highest BCUT2D eigenvalue weighted by atomic mass is 32.2. The van der Waals surface area contributed by atoms with E-state index in [0.29, 0.717) is 0 Å². The zero-order chi connectivity index (χ0) is 12.6. The first-order valence-electron chi connectivity index (χ1n) is 4.85. The molecule has 0 unspecified atom stereocenters. The molecule has 1 fully saturated rings. The van der Waals surface area contributed by atoms with Crippen LogP contribution >= 0.6 is 11.8 Å². The van der Waals surface area contributed by atoms with E-state index in [1.807, 2.05) is 5.32 Å². The van der Waals surface area contributed by atoms with Crippen LogP contribution in [0.1, 0.15) is 0 Å². The molecule has 1 amide bonds. The Morgan fingerprint density at radius 2 is 2.24 bits per heavy atom. The SMILES string of the molecule is O=C(O)NC1=N[C@@H]2[C@@H](O)[C@H](O)[C@@H](CF)O[C@@H]2S1. The second-order valence-corrected chi connectivity index (χ2v) is 4.74. The first kappa shape index (κ1) is 12.6. The molecule has 0 spiro atoms. The number of nitrogens with zero attached hydrogens (tertiary/aromatic N) is 1. The number of amidine groups is 1. The molecule has 2 aliphatic rings. The number of aliphatic imine (C=N–C) groups is 1. The number of aliphatic hydroxyl groups is 2. The van der Waals surface area contributed by atoms with Crippen molar-refractivity contribution in [1.82, 2.24) is 5.32 Å². The summed E-state index contributed by atoms with van der Waals surface area (Å²) < 4.78 is 17.7. The molecular formula is C8H11FN2O5S. The summed E-state index contributed by atoms with van der Waals surface area (Å²) in [5.74, 6) is 0. The summed E-state index contributed by atoms with van der Waals surface area (Å²) in [7, 11) is 0. The van der Waals surface area contributed by atoms with Gasteiger partial charge in [0.2, 0.25) is 0 Å². The van der Waals surface area contributed by atoms with E-state index in [0.717, 1.165) is 11.8 Å². The largest absolute Gasteiger partial charge is 0.465 e. The predicted molar refractivity (Wildman–Crippen MR) is 56.6 cm³/mol. The predicted octanol–water partition coefficient (Wildman–Crippen LogP) is -0.858. The lowest BCUT2D eigenvalue weighted by atomic mass is 9.99. The van der Waals surface area contributed by atoms with Crippen LogP contribution in [0.3, 0.4) is 0 Å². The third-order valence-corrected chi connectivity index (χ3v) is 3.58. The summed E-state index contributed by atoms with van der Waals surface area (Å²) >= 11 is 0.946. The number of alkyl halides is 1. The molecule has 2 aliphatic heterocycles. The van der Waals surface area contributed by atoms with Crippen LogP contribution in [0.5, 0.6) is 0 Å². The summed E-state index contributed by atoms with van der Waals surface area (Å²) in [5, 5.41) is 29.8. The van der Waals surface area contributed by atoms with E-state index >= 15 is 0 Å². The highest BCUT2D eigenvalue weighted by Gasteiger charge is 2.48. The van der Waals surface area contributed by atoms with Gasteiger partial charge in [-0.05, 0) is 0 Å². The zero-order valence-corrected chi connectivity index (χ0v) is 9.30. The van der Waals surface area contributed by atoms with Gasteiger partial charge in [-0.2, -0.15) is 0 Å². The van der Waals surface area contributed by atoms with Crippen molar-refractivity contribution in [2.75, 3.05) is 6.67 Å². The van der Waals surface area contributed by atoms with Crippen molar-refractivity contribution in [3.63, 3.8) is 0 Å². The second-order valence-electron chi connectivity index (χ2n) is 3.65. The number of fused-ring (bicyclic) bond motifs is 1. The van der Waals surface area contributed by atoms with Gasteiger partial charge in [0.1, 0.15) is 36.5 Å². The second kappa shape index (κ2) is 4.77. The van der Waals surface area contributed by atoms with E-state index in [1.54, 1.807) is 0 Å². The van der Waals surface area contributed by atoms with Crippen LogP contribution in [-0.4, -0.2) is 63.0 Å². The average Bonchev–Trinajstić information content (AvgIpc) is 2.65. The minimum absolute atomic E-state index is 0.0678. The van der Waals surface area contributed by atoms with Gasteiger partial charge in [-0.3, -0.25) is 10.3 Å². The normalized spacial score (nSPS) is 40.6. The molecule has 5 atom stereocenters. The molecule has 0 aromatic heterocycles. The van der Waals surface area contributed by atoms with Crippen molar-refractivity contribution in [1.29, 1.82) is 0 Å². The molecule has 9 heteroatoms. The molecule has 0 saturated carbocycles.